The summed E-state index contributed by atoms with van der Waals surface area (Å²) in [4.78, 5) is 27.8. The zero-order chi connectivity index (χ0) is 16.9. The molecule has 1 heterocycles. The van der Waals surface area contributed by atoms with Crippen molar-refractivity contribution in [2.24, 2.45) is 5.90 Å². The van der Waals surface area contributed by atoms with Crippen LogP contribution in [0.5, 0.6) is 11.5 Å². The molecule has 2 aromatic carbocycles. The van der Waals surface area contributed by atoms with Gasteiger partial charge >= 0.3 is 5.97 Å². The van der Waals surface area contributed by atoms with Gasteiger partial charge in [-0.2, -0.15) is 5.90 Å². The maximum absolute atomic E-state index is 12.0. The highest BCUT2D eigenvalue weighted by Gasteiger charge is 2.14. The predicted molar refractivity (Wildman–Crippen MR) is 86.3 cm³/mol. The summed E-state index contributed by atoms with van der Waals surface area (Å²) in [5.74, 6) is 5.06. The molecule has 0 unspecified atom stereocenters. The van der Waals surface area contributed by atoms with Crippen LogP contribution in [-0.2, 0) is 9.63 Å². The van der Waals surface area contributed by atoms with Gasteiger partial charge in [-0.15, -0.1) is 0 Å². The molecule has 1 aliphatic rings. The normalized spacial score (nSPS) is 12.2. The number of nitrogens with two attached hydrogens (primary N) is 1. The fourth-order valence-electron chi connectivity index (χ4n) is 2.20. The first-order valence-corrected chi connectivity index (χ1v) is 7.06. The maximum atomic E-state index is 12.0. The summed E-state index contributed by atoms with van der Waals surface area (Å²) < 4.78 is 10.5. The van der Waals surface area contributed by atoms with Gasteiger partial charge in [-0.1, -0.05) is 18.2 Å². The van der Waals surface area contributed by atoms with E-state index in [2.05, 4.69) is 10.2 Å². The summed E-state index contributed by atoms with van der Waals surface area (Å²) >= 11 is 0. The molecule has 0 saturated carbocycles. The van der Waals surface area contributed by atoms with Crippen molar-refractivity contribution in [3.63, 3.8) is 0 Å². The van der Waals surface area contributed by atoms with E-state index in [1.807, 2.05) is 0 Å². The molecule has 0 radical (unpaired) electrons. The standard InChI is InChI=1S/C17H14N2O5/c18-24-17(21)12-3-1-2-4-13(12)19-16(20)8-6-11-5-7-14-15(9-11)23-10-22-14/h1-9H,10,18H2,(H,19,20)/b8-6+. The number of benzene rings is 2. The van der Waals surface area contributed by atoms with Crippen molar-refractivity contribution in [1.29, 1.82) is 0 Å². The molecule has 3 N–H and O–H groups in total. The summed E-state index contributed by atoms with van der Waals surface area (Å²) in [6, 6.07) is 11.8. The van der Waals surface area contributed by atoms with Crippen molar-refractivity contribution < 1.29 is 23.9 Å². The minimum absolute atomic E-state index is 0.171. The van der Waals surface area contributed by atoms with Crippen molar-refractivity contribution in [2.45, 2.75) is 0 Å². The molecule has 0 spiro atoms. The number of anilines is 1. The highest BCUT2D eigenvalue weighted by molar-refractivity contribution is 6.06. The lowest BCUT2D eigenvalue weighted by molar-refractivity contribution is -0.111. The van der Waals surface area contributed by atoms with Crippen LogP contribution in [0.4, 0.5) is 5.69 Å². The fourth-order valence-corrected chi connectivity index (χ4v) is 2.20. The Hall–Kier alpha value is -3.32. The Balaban J connectivity index is 1.71. The lowest BCUT2D eigenvalue weighted by Gasteiger charge is -2.07. The Labute approximate surface area is 137 Å². The molecule has 1 aliphatic heterocycles. The van der Waals surface area contributed by atoms with Gasteiger partial charge in [0.25, 0.3) is 0 Å². The third-order valence-electron chi connectivity index (χ3n) is 3.34. The van der Waals surface area contributed by atoms with Crippen LogP contribution in [0.15, 0.2) is 48.5 Å². The number of hydrogen-bond donors (Lipinski definition) is 2. The van der Waals surface area contributed by atoms with Gasteiger partial charge in [0.1, 0.15) is 0 Å². The molecule has 1 amide bonds. The van der Waals surface area contributed by atoms with E-state index < -0.39 is 11.9 Å². The molecule has 0 saturated heterocycles. The molecule has 7 heteroatoms. The summed E-state index contributed by atoms with van der Waals surface area (Å²) in [6.45, 7) is 0.191. The minimum Gasteiger partial charge on any atom is -0.454 e. The van der Waals surface area contributed by atoms with Gasteiger partial charge in [-0.25, -0.2) is 4.79 Å². The molecule has 2 aromatic rings. The van der Waals surface area contributed by atoms with E-state index >= 15 is 0 Å². The molecule has 122 valence electrons. The van der Waals surface area contributed by atoms with Crippen molar-refractivity contribution >= 4 is 23.6 Å². The smallest absolute Gasteiger partial charge is 0.358 e. The highest BCUT2D eigenvalue weighted by Crippen LogP contribution is 2.32. The van der Waals surface area contributed by atoms with E-state index in [0.717, 1.165) is 5.56 Å². The van der Waals surface area contributed by atoms with E-state index in [0.29, 0.717) is 17.2 Å². The summed E-state index contributed by atoms with van der Waals surface area (Å²) in [6.07, 6.45) is 2.98. The first-order chi connectivity index (χ1) is 11.7. The molecule has 24 heavy (non-hydrogen) atoms. The average molecular weight is 326 g/mol. The number of hydrogen-bond acceptors (Lipinski definition) is 6. The predicted octanol–water partition coefficient (Wildman–Crippen LogP) is 2.10. The first kappa shape index (κ1) is 15.6. The van der Waals surface area contributed by atoms with Gasteiger partial charge < -0.3 is 19.6 Å². The molecule has 3 rings (SSSR count). The monoisotopic (exact) mass is 326 g/mol. The third-order valence-corrected chi connectivity index (χ3v) is 3.34. The van der Waals surface area contributed by atoms with Gasteiger partial charge in [0.15, 0.2) is 11.5 Å². The largest absolute Gasteiger partial charge is 0.454 e. The number of amides is 1. The van der Waals surface area contributed by atoms with Gasteiger partial charge in [-0.05, 0) is 35.9 Å². The summed E-state index contributed by atoms with van der Waals surface area (Å²) in [7, 11) is 0. The zero-order valence-corrected chi connectivity index (χ0v) is 12.5. The molecule has 0 fully saturated rings. The molecular weight excluding hydrogens is 312 g/mol. The first-order valence-electron chi connectivity index (χ1n) is 7.06. The highest BCUT2D eigenvalue weighted by atomic mass is 16.7. The third kappa shape index (κ3) is 3.36. The second-order valence-corrected chi connectivity index (χ2v) is 4.89. The number of para-hydroxylation sites is 1. The summed E-state index contributed by atoms with van der Waals surface area (Å²) in [5.41, 5.74) is 1.27. The lowest BCUT2D eigenvalue weighted by atomic mass is 10.1. The average Bonchev–Trinajstić information content (AvgIpc) is 3.07. The molecule has 0 aromatic heterocycles. The molecular formula is C17H14N2O5. The van der Waals surface area contributed by atoms with Crippen molar-refractivity contribution in [2.75, 3.05) is 12.1 Å². The fraction of sp³-hybridized carbons (Fsp3) is 0.0588. The van der Waals surface area contributed by atoms with Crippen LogP contribution in [0.2, 0.25) is 0 Å². The number of nitrogens with one attached hydrogen (secondary N) is 1. The quantitative estimate of drug-likeness (QED) is 0.659. The van der Waals surface area contributed by atoms with Crippen LogP contribution in [0.3, 0.4) is 0 Å². The van der Waals surface area contributed by atoms with Crippen LogP contribution in [0, 0.1) is 0 Å². The Morgan fingerprint density at radius 2 is 1.92 bits per heavy atom. The maximum Gasteiger partial charge on any atom is 0.358 e. The molecule has 0 bridgehead atoms. The molecule has 7 nitrogen and oxygen atoms in total. The second-order valence-electron chi connectivity index (χ2n) is 4.89. The Morgan fingerprint density at radius 1 is 1.12 bits per heavy atom. The number of carbonyl (C=O) groups excluding carboxylic acids is 2. The van der Waals surface area contributed by atoms with E-state index in [1.54, 1.807) is 42.5 Å². The summed E-state index contributed by atoms with van der Waals surface area (Å²) in [5, 5.41) is 2.61. The Morgan fingerprint density at radius 3 is 2.75 bits per heavy atom. The minimum atomic E-state index is -0.731. The van der Waals surface area contributed by atoms with Crippen molar-refractivity contribution in [3.05, 3.63) is 59.7 Å². The van der Waals surface area contributed by atoms with Crippen LogP contribution in [0.1, 0.15) is 15.9 Å². The van der Waals surface area contributed by atoms with E-state index in [-0.39, 0.29) is 12.4 Å². The van der Waals surface area contributed by atoms with E-state index in [9.17, 15) is 9.59 Å². The Kier molecular flexibility index (Phi) is 4.44. The van der Waals surface area contributed by atoms with Gasteiger partial charge in [-0.3, -0.25) is 4.79 Å². The van der Waals surface area contributed by atoms with Crippen LogP contribution in [-0.4, -0.2) is 18.7 Å². The van der Waals surface area contributed by atoms with E-state index in [4.69, 9.17) is 15.4 Å². The number of rotatable bonds is 4. The number of carbonyl (C=O) groups is 2. The van der Waals surface area contributed by atoms with Crippen molar-refractivity contribution in [1.82, 2.24) is 0 Å². The van der Waals surface area contributed by atoms with Gasteiger partial charge in [0.05, 0.1) is 11.3 Å². The van der Waals surface area contributed by atoms with Crippen LogP contribution in [0.25, 0.3) is 6.08 Å². The van der Waals surface area contributed by atoms with Crippen molar-refractivity contribution in [3.8, 4) is 11.5 Å². The lowest BCUT2D eigenvalue weighted by Crippen LogP contribution is -2.15. The topological polar surface area (TPSA) is 99.9 Å². The van der Waals surface area contributed by atoms with Crippen LogP contribution < -0.4 is 20.7 Å². The second kappa shape index (κ2) is 6.84. The number of ether oxygens (including phenoxy) is 2. The van der Waals surface area contributed by atoms with Crippen LogP contribution >= 0.6 is 0 Å². The van der Waals surface area contributed by atoms with E-state index in [1.165, 1.54) is 12.1 Å². The SMILES string of the molecule is NOC(=O)c1ccccc1NC(=O)/C=C/c1ccc2c(c1)OCO2. The molecule has 0 aliphatic carbocycles. The zero-order valence-electron chi connectivity index (χ0n) is 12.5. The Bertz CT molecular complexity index is 816. The number of fused-ring (bicyclic) bond motifs is 1. The molecule has 0 atom stereocenters. The van der Waals surface area contributed by atoms with Gasteiger partial charge in [0.2, 0.25) is 12.7 Å². The van der Waals surface area contributed by atoms with Gasteiger partial charge in [0, 0.05) is 6.08 Å².